The Kier molecular flexibility index (Phi) is 5.43. The predicted molar refractivity (Wildman–Crippen MR) is 96.0 cm³/mol. The van der Waals surface area contributed by atoms with Gasteiger partial charge >= 0.3 is 0 Å². The summed E-state index contributed by atoms with van der Waals surface area (Å²) in [5.41, 5.74) is -0.144. The number of benzene rings is 1. The molecule has 1 aromatic heterocycles. The van der Waals surface area contributed by atoms with Crippen molar-refractivity contribution >= 4 is 11.6 Å². The van der Waals surface area contributed by atoms with Crippen LogP contribution in [0.1, 0.15) is 34.8 Å². The average Bonchev–Trinajstić information content (AvgIpc) is 3.17. The minimum absolute atomic E-state index is 0.000398. The van der Waals surface area contributed by atoms with Gasteiger partial charge in [0.25, 0.3) is 17.2 Å². The van der Waals surface area contributed by atoms with Crippen LogP contribution in [-0.2, 0) is 0 Å². The van der Waals surface area contributed by atoms with Crippen LogP contribution >= 0.6 is 0 Å². The van der Waals surface area contributed by atoms with Crippen LogP contribution in [0.25, 0.3) is 0 Å². The van der Waals surface area contributed by atoms with E-state index in [0.717, 1.165) is 43.8 Å². The molecule has 0 radical (unpaired) electrons. The zero-order valence-corrected chi connectivity index (χ0v) is 14.2. The standard InChI is InChI=1S/C18H20N4O4/c23-17-15(10-14(11-19-17)22(25)26)18(24)20-12-16(21-8-4-5-9-21)13-6-2-1-3-7-13/h1-3,6-7,10-11,16H,4-5,8-9,12H2,(H,19,23)(H,20,24)/t16-/m1/s1. The van der Waals surface area contributed by atoms with Gasteiger partial charge in [-0.3, -0.25) is 24.6 Å². The highest BCUT2D eigenvalue weighted by atomic mass is 16.6. The van der Waals surface area contributed by atoms with E-state index in [1.807, 2.05) is 30.3 Å². The number of nitrogens with zero attached hydrogens (tertiary/aromatic N) is 2. The quantitative estimate of drug-likeness (QED) is 0.606. The summed E-state index contributed by atoms with van der Waals surface area (Å²) in [5, 5.41) is 13.6. The molecule has 2 aromatic rings. The van der Waals surface area contributed by atoms with E-state index in [1.165, 1.54) is 0 Å². The first-order valence-corrected chi connectivity index (χ1v) is 8.50. The monoisotopic (exact) mass is 356 g/mol. The molecule has 1 aliphatic rings. The molecule has 2 heterocycles. The van der Waals surface area contributed by atoms with Crippen LogP contribution in [-0.4, -0.2) is 40.3 Å². The molecule has 1 atom stereocenters. The Morgan fingerprint density at radius 2 is 1.96 bits per heavy atom. The third-order valence-corrected chi connectivity index (χ3v) is 4.57. The summed E-state index contributed by atoms with van der Waals surface area (Å²) in [5.74, 6) is -0.616. The van der Waals surface area contributed by atoms with Gasteiger partial charge in [0.05, 0.1) is 17.2 Å². The Morgan fingerprint density at radius 1 is 1.27 bits per heavy atom. The number of nitrogens with one attached hydrogen (secondary N) is 2. The van der Waals surface area contributed by atoms with Crippen LogP contribution in [0.5, 0.6) is 0 Å². The minimum Gasteiger partial charge on any atom is -0.350 e. The molecule has 0 unspecified atom stereocenters. The van der Waals surface area contributed by atoms with Gasteiger partial charge in [-0.15, -0.1) is 0 Å². The number of likely N-dealkylation sites (tertiary alicyclic amines) is 1. The van der Waals surface area contributed by atoms with Crippen LogP contribution in [0.4, 0.5) is 5.69 Å². The number of amides is 1. The van der Waals surface area contributed by atoms with E-state index in [2.05, 4.69) is 15.2 Å². The SMILES string of the molecule is O=C(NC[C@H](c1ccccc1)N1CCCC1)c1cc([N+](=O)[O-])c[nH]c1=O. The maximum absolute atomic E-state index is 12.4. The van der Waals surface area contributed by atoms with Gasteiger partial charge in [-0.05, 0) is 31.5 Å². The number of rotatable bonds is 6. The maximum atomic E-state index is 12.4. The van der Waals surface area contributed by atoms with Crippen molar-refractivity contribution in [1.29, 1.82) is 0 Å². The number of pyridine rings is 1. The lowest BCUT2D eigenvalue weighted by Gasteiger charge is -2.28. The molecule has 0 aliphatic carbocycles. The molecule has 1 amide bonds. The van der Waals surface area contributed by atoms with Crippen LogP contribution in [0.3, 0.4) is 0 Å². The van der Waals surface area contributed by atoms with Gasteiger partial charge in [0.2, 0.25) is 0 Å². The van der Waals surface area contributed by atoms with Crippen molar-refractivity contribution in [1.82, 2.24) is 15.2 Å². The summed E-state index contributed by atoms with van der Waals surface area (Å²) in [4.78, 5) is 39.0. The van der Waals surface area contributed by atoms with Crippen molar-refractivity contribution in [3.8, 4) is 0 Å². The number of carbonyl (C=O) groups is 1. The number of nitro groups is 1. The topological polar surface area (TPSA) is 108 Å². The van der Waals surface area contributed by atoms with Gasteiger partial charge in [0.15, 0.2) is 0 Å². The highest BCUT2D eigenvalue weighted by Gasteiger charge is 2.24. The van der Waals surface area contributed by atoms with Gasteiger partial charge in [-0.2, -0.15) is 0 Å². The lowest BCUT2D eigenvalue weighted by Crippen LogP contribution is -2.38. The summed E-state index contributed by atoms with van der Waals surface area (Å²) in [6, 6.07) is 10.9. The number of aromatic amines is 1. The van der Waals surface area contributed by atoms with E-state index in [-0.39, 0.29) is 17.3 Å². The van der Waals surface area contributed by atoms with Crippen molar-refractivity contribution in [2.45, 2.75) is 18.9 Å². The van der Waals surface area contributed by atoms with Crippen LogP contribution in [0, 0.1) is 10.1 Å². The first-order valence-electron chi connectivity index (χ1n) is 8.50. The van der Waals surface area contributed by atoms with E-state index < -0.39 is 16.4 Å². The molecule has 8 heteroatoms. The molecular weight excluding hydrogens is 336 g/mol. The number of H-pyrrole nitrogens is 1. The first-order chi connectivity index (χ1) is 12.6. The second kappa shape index (κ2) is 7.92. The summed E-state index contributed by atoms with van der Waals surface area (Å²) in [7, 11) is 0. The van der Waals surface area contributed by atoms with Crippen molar-refractivity contribution in [3.63, 3.8) is 0 Å². The Bertz CT molecular complexity index is 844. The summed E-state index contributed by atoms with van der Waals surface area (Å²) >= 11 is 0. The second-order valence-electron chi connectivity index (χ2n) is 6.24. The van der Waals surface area contributed by atoms with Gasteiger partial charge < -0.3 is 10.3 Å². The lowest BCUT2D eigenvalue weighted by molar-refractivity contribution is -0.385. The van der Waals surface area contributed by atoms with Crippen LogP contribution < -0.4 is 10.9 Å². The first kappa shape index (κ1) is 17.8. The Hall–Kier alpha value is -3.00. The van der Waals surface area contributed by atoms with E-state index in [0.29, 0.717) is 6.54 Å². The number of hydrogen-bond donors (Lipinski definition) is 2. The molecule has 0 spiro atoms. The minimum atomic E-state index is -0.649. The Morgan fingerprint density at radius 3 is 2.62 bits per heavy atom. The zero-order chi connectivity index (χ0) is 18.5. The fourth-order valence-electron chi connectivity index (χ4n) is 3.22. The van der Waals surface area contributed by atoms with E-state index in [4.69, 9.17) is 0 Å². The van der Waals surface area contributed by atoms with Gasteiger partial charge in [-0.25, -0.2) is 0 Å². The molecule has 0 bridgehead atoms. The molecule has 2 N–H and O–H groups in total. The maximum Gasteiger partial charge on any atom is 0.286 e. The normalized spacial score (nSPS) is 15.5. The third-order valence-electron chi connectivity index (χ3n) is 4.57. The fourth-order valence-corrected chi connectivity index (χ4v) is 3.22. The fraction of sp³-hybridized carbons (Fsp3) is 0.333. The molecule has 1 fully saturated rings. The van der Waals surface area contributed by atoms with Gasteiger partial charge in [0, 0.05) is 12.6 Å². The molecule has 0 saturated carbocycles. The molecule has 3 rings (SSSR count). The van der Waals surface area contributed by atoms with Crippen molar-refractivity contribution in [2.75, 3.05) is 19.6 Å². The average molecular weight is 356 g/mol. The molecule has 26 heavy (non-hydrogen) atoms. The van der Waals surface area contributed by atoms with Crippen molar-refractivity contribution < 1.29 is 9.72 Å². The van der Waals surface area contributed by atoms with Gasteiger partial charge in [0.1, 0.15) is 5.56 Å². The molecule has 1 saturated heterocycles. The molecule has 8 nitrogen and oxygen atoms in total. The van der Waals surface area contributed by atoms with E-state index in [9.17, 15) is 19.7 Å². The van der Waals surface area contributed by atoms with Crippen molar-refractivity contribution in [2.24, 2.45) is 0 Å². The summed E-state index contributed by atoms with van der Waals surface area (Å²) in [6.45, 7) is 2.23. The zero-order valence-electron chi connectivity index (χ0n) is 14.2. The van der Waals surface area contributed by atoms with E-state index in [1.54, 1.807) is 0 Å². The predicted octanol–water partition coefficient (Wildman–Crippen LogP) is 1.85. The molecular formula is C18H20N4O4. The summed E-state index contributed by atoms with van der Waals surface area (Å²) in [6.07, 6.45) is 3.21. The molecule has 136 valence electrons. The van der Waals surface area contributed by atoms with Gasteiger partial charge in [-0.1, -0.05) is 30.3 Å². The smallest absolute Gasteiger partial charge is 0.286 e. The number of aromatic nitrogens is 1. The number of carbonyl (C=O) groups excluding carboxylic acids is 1. The Labute approximate surface area is 150 Å². The lowest BCUT2D eigenvalue weighted by atomic mass is 10.1. The number of hydrogen-bond acceptors (Lipinski definition) is 5. The highest BCUT2D eigenvalue weighted by molar-refractivity contribution is 5.94. The molecule has 1 aliphatic heterocycles. The Balaban J connectivity index is 1.77. The van der Waals surface area contributed by atoms with E-state index >= 15 is 0 Å². The van der Waals surface area contributed by atoms with Crippen LogP contribution in [0.2, 0.25) is 0 Å². The third kappa shape index (κ3) is 3.97. The summed E-state index contributed by atoms with van der Waals surface area (Å²) < 4.78 is 0. The van der Waals surface area contributed by atoms with Crippen LogP contribution in [0.15, 0.2) is 47.4 Å². The highest BCUT2D eigenvalue weighted by Crippen LogP contribution is 2.24. The second-order valence-corrected chi connectivity index (χ2v) is 6.24. The van der Waals surface area contributed by atoms with Crippen molar-refractivity contribution in [3.05, 3.63) is 74.2 Å². The molecule has 1 aromatic carbocycles. The largest absolute Gasteiger partial charge is 0.350 e.